The number of amides is 2. The average molecular weight is 515 g/mol. The van der Waals surface area contributed by atoms with Gasteiger partial charge in [-0.2, -0.15) is 13.2 Å². The van der Waals surface area contributed by atoms with E-state index in [0.717, 1.165) is 19.6 Å². The molecule has 4 rings (SSSR count). The van der Waals surface area contributed by atoms with Crippen molar-refractivity contribution in [1.82, 2.24) is 20.2 Å². The van der Waals surface area contributed by atoms with Gasteiger partial charge >= 0.3 is 18.1 Å². The Hall–Kier alpha value is -3.12. The Morgan fingerprint density at radius 1 is 1.23 bits per heavy atom. The molecule has 1 atom stereocenters. The molecule has 0 spiro atoms. The maximum atomic E-state index is 13.8. The molecule has 2 aliphatic rings. The van der Waals surface area contributed by atoms with Crippen LogP contribution in [0.2, 0.25) is 5.02 Å². The first-order valence-corrected chi connectivity index (χ1v) is 11.3. The zero-order chi connectivity index (χ0) is 25.2. The van der Waals surface area contributed by atoms with Crippen molar-refractivity contribution < 1.29 is 27.1 Å². The summed E-state index contributed by atoms with van der Waals surface area (Å²) < 4.78 is 56.8. The fraction of sp³-hybridized carbons (Fsp3) is 0.409. The lowest BCUT2D eigenvalue weighted by atomic mass is 10.2. The third-order valence-electron chi connectivity index (χ3n) is 5.76. The summed E-state index contributed by atoms with van der Waals surface area (Å²) in [7, 11) is 0. The lowest BCUT2D eigenvalue weighted by Crippen LogP contribution is -2.52. The van der Waals surface area contributed by atoms with E-state index in [4.69, 9.17) is 16.3 Å². The number of pyridine rings is 1. The van der Waals surface area contributed by atoms with Crippen molar-refractivity contribution in [3.05, 3.63) is 58.6 Å². The van der Waals surface area contributed by atoms with Crippen molar-refractivity contribution in [2.45, 2.75) is 25.9 Å². The molecular formula is C22H23ClF4N6O2. The smallest absolute Gasteiger partial charge is 0.443 e. The molecule has 2 aromatic rings. The van der Waals surface area contributed by atoms with Crippen LogP contribution in [0.4, 0.5) is 28.0 Å². The molecule has 8 nitrogen and oxygen atoms in total. The van der Waals surface area contributed by atoms with Gasteiger partial charge in [-0.3, -0.25) is 15.3 Å². The minimum absolute atomic E-state index is 0.0400. The number of alkyl halides is 3. The molecule has 0 aliphatic carbocycles. The summed E-state index contributed by atoms with van der Waals surface area (Å²) in [5, 5.41) is 3.04. The standard InChI is InChI=1S/C22H23ClF4N6O2/c1-2-31-7-9-32(10-8-31)21(34)33(16-5-6-18(24)17(23)11-16)13-15-4-3-14(12-28-15)19-29-30-20(35-19)22(25,26)27/h3-6,11-12,19,29H,2,7-10,13H2,1H3. The number of halogens is 5. The summed E-state index contributed by atoms with van der Waals surface area (Å²) in [6.07, 6.45) is -4.48. The zero-order valence-electron chi connectivity index (χ0n) is 18.7. The maximum absolute atomic E-state index is 13.8. The Morgan fingerprint density at radius 2 is 1.97 bits per heavy atom. The minimum atomic E-state index is -4.70. The number of piperazine rings is 1. The predicted octanol–water partition coefficient (Wildman–Crippen LogP) is 4.13. The van der Waals surface area contributed by atoms with E-state index in [1.165, 1.54) is 35.4 Å². The molecule has 2 amide bonds. The topological polar surface area (TPSA) is 73.3 Å². The molecule has 1 fully saturated rings. The number of hydrogen-bond acceptors (Lipinski definition) is 6. The normalized spacial score (nSPS) is 18.6. The summed E-state index contributed by atoms with van der Waals surface area (Å²) in [5.41, 5.74) is 3.47. The fourth-order valence-electron chi connectivity index (χ4n) is 3.75. The minimum Gasteiger partial charge on any atom is -0.443 e. The molecule has 3 heterocycles. The van der Waals surface area contributed by atoms with Crippen LogP contribution in [-0.2, 0) is 11.3 Å². The highest BCUT2D eigenvalue weighted by atomic mass is 35.5. The van der Waals surface area contributed by atoms with Gasteiger partial charge in [-0.05, 0) is 36.9 Å². The van der Waals surface area contributed by atoms with Gasteiger partial charge in [0.05, 0.1) is 17.3 Å². The average Bonchev–Trinajstić information content (AvgIpc) is 3.36. The predicted molar refractivity (Wildman–Crippen MR) is 121 cm³/mol. The molecule has 1 N–H and O–H groups in total. The Kier molecular flexibility index (Phi) is 7.31. The number of carbonyl (C=O) groups is 1. The maximum Gasteiger partial charge on any atom is 0.470 e. The number of carbonyl (C=O) groups excluding carboxylic acids is 1. The van der Waals surface area contributed by atoms with Crippen molar-refractivity contribution in [1.29, 1.82) is 0 Å². The van der Waals surface area contributed by atoms with Gasteiger partial charge in [0.2, 0.25) is 6.23 Å². The Bertz CT molecular complexity index is 1090. The van der Waals surface area contributed by atoms with E-state index in [9.17, 15) is 22.4 Å². The van der Waals surface area contributed by atoms with Crippen LogP contribution in [0.1, 0.15) is 24.4 Å². The van der Waals surface area contributed by atoms with Crippen molar-refractivity contribution in [3.8, 4) is 0 Å². The molecule has 0 radical (unpaired) electrons. The molecule has 1 saturated heterocycles. The number of hydrazone groups is 1. The first-order valence-electron chi connectivity index (χ1n) is 10.9. The van der Waals surface area contributed by atoms with Crippen molar-refractivity contribution in [2.24, 2.45) is 5.10 Å². The van der Waals surface area contributed by atoms with Gasteiger partial charge in [0.25, 0.3) is 0 Å². The Labute approximate surface area is 204 Å². The van der Waals surface area contributed by atoms with E-state index < -0.39 is 24.1 Å². The molecule has 188 valence electrons. The van der Waals surface area contributed by atoms with Gasteiger partial charge in [-0.15, -0.1) is 5.10 Å². The molecule has 1 unspecified atom stereocenters. The number of nitrogens with one attached hydrogen (secondary N) is 1. The second-order valence-electron chi connectivity index (χ2n) is 8.01. The molecule has 35 heavy (non-hydrogen) atoms. The summed E-state index contributed by atoms with van der Waals surface area (Å²) >= 11 is 5.97. The van der Waals surface area contributed by atoms with E-state index in [2.05, 4.69) is 27.3 Å². The highest BCUT2D eigenvalue weighted by Crippen LogP contribution is 2.28. The van der Waals surface area contributed by atoms with E-state index in [-0.39, 0.29) is 17.6 Å². The number of nitrogens with zero attached hydrogens (tertiary/aromatic N) is 5. The van der Waals surface area contributed by atoms with Crippen molar-refractivity contribution in [2.75, 3.05) is 37.6 Å². The van der Waals surface area contributed by atoms with Crippen LogP contribution in [0, 0.1) is 5.82 Å². The molecule has 1 aromatic carbocycles. The third kappa shape index (κ3) is 5.76. The number of rotatable bonds is 5. The van der Waals surface area contributed by atoms with Crippen LogP contribution in [-0.4, -0.2) is 65.6 Å². The van der Waals surface area contributed by atoms with Gasteiger partial charge in [0.1, 0.15) is 5.82 Å². The van der Waals surface area contributed by atoms with Crippen LogP contribution in [0.5, 0.6) is 0 Å². The quantitative estimate of drug-likeness (QED) is 0.607. The van der Waals surface area contributed by atoms with E-state index in [0.29, 0.717) is 30.0 Å². The number of aromatic nitrogens is 1. The summed E-state index contributed by atoms with van der Waals surface area (Å²) in [6.45, 7) is 5.55. The molecular weight excluding hydrogens is 492 g/mol. The van der Waals surface area contributed by atoms with Crippen molar-refractivity contribution in [3.63, 3.8) is 0 Å². The number of urea groups is 1. The molecule has 13 heteroatoms. The SMILES string of the molecule is CCN1CCN(C(=O)N(Cc2ccc(C3NN=C(C(F)(F)F)O3)cn2)c2ccc(F)c(Cl)c2)CC1. The number of benzene rings is 1. The Balaban J connectivity index is 1.51. The number of likely N-dealkylation sites (N-methyl/N-ethyl adjacent to an activating group) is 1. The van der Waals surface area contributed by atoms with E-state index in [1.807, 2.05) is 0 Å². The van der Waals surface area contributed by atoms with E-state index >= 15 is 0 Å². The van der Waals surface area contributed by atoms with Crippen LogP contribution >= 0.6 is 11.6 Å². The zero-order valence-corrected chi connectivity index (χ0v) is 19.5. The first kappa shape index (κ1) is 25.0. The summed E-state index contributed by atoms with van der Waals surface area (Å²) in [4.78, 5) is 23.1. The van der Waals surface area contributed by atoms with Gasteiger partial charge in [0, 0.05) is 43.6 Å². The van der Waals surface area contributed by atoms with E-state index in [1.54, 1.807) is 11.0 Å². The van der Waals surface area contributed by atoms with Crippen LogP contribution < -0.4 is 10.3 Å². The Morgan fingerprint density at radius 3 is 2.54 bits per heavy atom. The lowest BCUT2D eigenvalue weighted by molar-refractivity contribution is -0.0796. The number of anilines is 1. The van der Waals surface area contributed by atoms with Gasteiger partial charge < -0.3 is 14.5 Å². The monoisotopic (exact) mass is 514 g/mol. The lowest BCUT2D eigenvalue weighted by Gasteiger charge is -2.37. The van der Waals surface area contributed by atoms with Gasteiger partial charge in [-0.25, -0.2) is 9.18 Å². The van der Waals surface area contributed by atoms with Gasteiger partial charge in [-0.1, -0.05) is 18.5 Å². The fourth-order valence-corrected chi connectivity index (χ4v) is 3.92. The summed E-state index contributed by atoms with van der Waals surface area (Å²) in [5.74, 6) is -1.97. The molecule has 0 bridgehead atoms. The van der Waals surface area contributed by atoms with Crippen LogP contribution in [0.15, 0.2) is 41.6 Å². The third-order valence-corrected chi connectivity index (χ3v) is 6.05. The van der Waals surface area contributed by atoms with Crippen LogP contribution in [0.25, 0.3) is 0 Å². The highest BCUT2D eigenvalue weighted by molar-refractivity contribution is 6.31. The highest BCUT2D eigenvalue weighted by Gasteiger charge is 2.43. The van der Waals surface area contributed by atoms with Crippen LogP contribution in [0.3, 0.4) is 0 Å². The van der Waals surface area contributed by atoms with Crippen molar-refractivity contribution >= 4 is 29.2 Å². The molecule has 1 aromatic heterocycles. The number of ether oxygens (including phenoxy) is 1. The second-order valence-corrected chi connectivity index (χ2v) is 8.42. The summed E-state index contributed by atoms with van der Waals surface area (Å²) in [6, 6.07) is 6.85. The number of hydrogen-bond donors (Lipinski definition) is 1. The largest absolute Gasteiger partial charge is 0.470 e. The second kappa shape index (κ2) is 10.2. The molecule has 0 saturated carbocycles. The molecule has 2 aliphatic heterocycles. The van der Waals surface area contributed by atoms with Gasteiger partial charge in [0.15, 0.2) is 0 Å². The first-order chi connectivity index (χ1) is 16.7.